The van der Waals surface area contributed by atoms with Crippen LogP contribution in [0.3, 0.4) is 0 Å². The summed E-state index contributed by atoms with van der Waals surface area (Å²) < 4.78 is 27.2. The molecule has 3 aliphatic heterocycles. The molecule has 0 bridgehead atoms. The van der Waals surface area contributed by atoms with Crippen LogP contribution >= 0.6 is 0 Å². The molecule has 0 spiro atoms. The lowest BCUT2D eigenvalue weighted by molar-refractivity contribution is 0.257. The minimum absolute atomic E-state index is 0.351. The summed E-state index contributed by atoms with van der Waals surface area (Å²) in [6.07, 6.45) is 5.39. The molecule has 116 valence electrons. The number of nitrogens with zero attached hydrogens (tertiary/aromatic N) is 2. The molecule has 5 nitrogen and oxygen atoms in total. The Morgan fingerprint density at radius 2 is 1.75 bits per heavy atom. The van der Waals surface area contributed by atoms with Gasteiger partial charge in [0.25, 0.3) is 0 Å². The lowest BCUT2D eigenvalue weighted by Crippen LogP contribution is -2.42. The zero-order valence-corrected chi connectivity index (χ0v) is 13.1. The summed E-state index contributed by atoms with van der Waals surface area (Å²) in [5.74, 6) is 0.714. The van der Waals surface area contributed by atoms with E-state index in [9.17, 15) is 8.42 Å². The van der Waals surface area contributed by atoms with Gasteiger partial charge in [0.1, 0.15) is 0 Å². The molecule has 0 amide bonds. The fourth-order valence-corrected chi connectivity index (χ4v) is 5.82. The Labute approximate surface area is 122 Å². The van der Waals surface area contributed by atoms with Gasteiger partial charge in [-0.3, -0.25) is 4.90 Å². The van der Waals surface area contributed by atoms with Crippen molar-refractivity contribution in [1.29, 1.82) is 0 Å². The van der Waals surface area contributed by atoms with E-state index in [1.165, 1.54) is 12.8 Å². The van der Waals surface area contributed by atoms with Crippen molar-refractivity contribution >= 4 is 10.0 Å². The van der Waals surface area contributed by atoms with E-state index in [1.807, 2.05) is 0 Å². The zero-order chi connectivity index (χ0) is 14.0. The Balaban J connectivity index is 1.63. The van der Waals surface area contributed by atoms with Gasteiger partial charge in [-0.1, -0.05) is 0 Å². The predicted molar refractivity (Wildman–Crippen MR) is 80.2 cm³/mol. The largest absolute Gasteiger partial charge is 0.317 e. The van der Waals surface area contributed by atoms with E-state index in [4.69, 9.17) is 0 Å². The highest BCUT2D eigenvalue weighted by atomic mass is 32.2. The van der Waals surface area contributed by atoms with Crippen molar-refractivity contribution in [2.45, 2.75) is 38.1 Å². The molecule has 3 aliphatic rings. The minimum atomic E-state index is -3.07. The maximum Gasteiger partial charge on any atom is 0.214 e. The first-order chi connectivity index (χ1) is 9.65. The molecule has 6 heteroatoms. The van der Waals surface area contributed by atoms with E-state index in [1.54, 1.807) is 4.31 Å². The van der Waals surface area contributed by atoms with Crippen LogP contribution in [0.1, 0.15) is 32.1 Å². The average molecular weight is 301 g/mol. The second-order valence-electron chi connectivity index (χ2n) is 6.52. The summed E-state index contributed by atoms with van der Waals surface area (Å²) in [7, 11) is -3.07. The first-order valence-electron chi connectivity index (χ1n) is 8.08. The van der Waals surface area contributed by atoms with E-state index >= 15 is 0 Å². The van der Waals surface area contributed by atoms with Crippen molar-refractivity contribution in [3.05, 3.63) is 0 Å². The molecule has 1 unspecified atom stereocenters. The quantitative estimate of drug-likeness (QED) is 0.824. The molecule has 0 radical (unpaired) electrons. The van der Waals surface area contributed by atoms with E-state index in [0.29, 0.717) is 17.7 Å². The van der Waals surface area contributed by atoms with Crippen LogP contribution in [0, 0.1) is 5.92 Å². The maximum atomic E-state index is 12.7. The van der Waals surface area contributed by atoms with Gasteiger partial charge in [-0.25, -0.2) is 12.7 Å². The predicted octanol–water partition coefficient (Wildman–Crippen LogP) is 0.486. The molecule has 3 heterocycles. The Morgan fingerprint density at radius 1 is 1.00 bits per heavy atom. The van der Waals surface area contributed by atoms with Crippen LogP contribution in [-0.4, -0.2) is 68.7 Å². The van der Waals surface area contributed by atoms with Crippen molar-refractivity contribution in [3.8, 4) is 0 Å². The van der Waals surface area contributed by atoms with Crippen LogP contribution in [0.15, 0.2) is 0 Å². The van der Waals surface area contributed by atoms with Gasteiger partial charge in [0, 0.05) is 19.1 Å². The summed E-state index contributed by atoms with van der Waals surface area (Å²) in [6, 6.07) is 0.472. The number of fused-ring (bicyclic) bond motifs is 1. The van der Waals surface area contributed by atoms with E-state index in [-0.39, 0.29) is 0 Å². The van der Waals surface area contributed by atoms with Crippen LogP contribution in [0.5, 0.6) is 0 Å². The highest BCUT2D eigenvalue weighted by Crippen LogP contribution is 2.24. The van der Waals surface area contributed by atoms with Crippen LogP contribution in [-0.2, 0) is 10.0 Å². The molecule has 3 rings (SSSR count). The van der Waals surface area contributed by atoms with Crippen molar-refractivity contribution in [2.24, 2.45) is 5.92 Å². The summed E-state index contributed by atoms with van der Waals surface area (Å²) in [5.41, 5.74) is 0. The third-order valence-electron chi connectivity index (χ3n) is 5.06. The van der Waals surface area contributed by atoms with Gasteiger partial charge < -0.3 is 5.32 Å². The van der Waals surface area contributed by atoms with Crippen molar-refractivity contribution < 1.29 is 8.42 Å². The first kappa shape index (κ1) is 14.8. The van der Waals surface area contributed by atoms with E-state index in [0.717, 1.165) is 58.5 Å². The standard InChI is InChI=1S/C14H27N3O2S/c18-20(19,12-13-4-6-15-7-5-13)17-10-2-9-16-8-1-3-14(16)11-17/h13-15H,1-12H2. The third kappa shape index (κ3) is 3.35. The van der Waals surface area contributed by atoms with Crippen molar-refractivity contribution in [1.82, 2.24) is 14.5 Å². The SMILES string of the molecule is O=S(=O)(CC1CCNCC1)N1CCCN2CCCC2C1. The summed E-state index contributed by atoms with van der Waals surface area (Å²) in [5, 5.41) is 3.31. The smallest absolute Gasteiger partial charge is 0.214 e. The Morgan fingerprint density at radius 3 is 2.55 bits per heavy atom. The van der Waals surface area contributed by atoms with E-state index in [2.05, 4.69) is 10.2 Å². The van der Waals surface area contributed by atoms with Crippen LogP contribution in [0.25, 0.3) is 0 Å². The molecule has 0 saturated carbocycles. The minimum Gasteiger partial charge on any atom is -0.317 e. The molecule has 1 atom stereocenters. The molecule has 0 aromatic carbocycles. The molecule has 0 aliphatic carbocycles. The topological polar surface area (TPSA) is 52.7 Å². The Hall–Kier alpha value is -0.170. The number of nitrogens with one attached hydrogen (secondary N) is 1. The molecule has 1 N–H and O–H groups in total. The number of hydrogen-bond donors (Lipinski definition) is 1. The summed E-state index contributed by atoms with van der Waals surface area (Å²) in [4.78, 5) is 2.49. The lowest BCUT2D eigenvalue weighted by Gasteiger charge is -2.28. The molecular formula is C14H27N3O2S. The monoisotopic (exact) mass is 301 g/mol. The van der Waals surface area contributed by atoms with Crippen molar-refractivity contribution in [2.75, 3.05) is 45.0 Å². The molecule has 3 saturated heterocycles. The zero-order valence-electron chi connectivity index (χ0n) is 12.3. The van der Waals surface area contributed by atoms with Crippen LogP contribution in [0.2, 0.25) is 0 Å². The van der Waals surface area contributed by atoms with Crippen LogP contribution in [0.4, 0.5) is 0 Å². The first-order valence-corrected chi connectivity index (χ1v) is 9.69. The fraction of sp³-hybridized carbons (Fsp3) is 1.00. The third-order valence-corrected chi connectivity index (χ3v) is 7.08. The Kier molecular flexibility index (Phi) is 4.65. The number of sulfonamides is 1. The fourth-order valence-electron chi connectivity index (χ4n) is 3.88. The van der Waals surface area contributed by atoms with Crippen LogP contribution < -0.4 is 5.32 Å². The average Bonchev–Trinajstić information content (AvgIpc) is 2.76. The van der Waals surface area contributed by atoms with Gasteiger partial charge >= 0.3 is 0 Å². The number of hydrogen-bond acceptors (Lipinski definition) is 4. The highest BCUT2D eigenvalue weighted by molar-refractivity contribution is 7.89. The second kappa shape index (κ2) is 6.30. The van der Waals surface area contributed by atoms with Gasteiger partial charge in [-0.15, -0.1) is 0 Å². The molecule has 20 heavy (non-hydrogen) atoms. The van der Waals surface area contributed by atoms with Gasteiger partial charge in [-0.2, -0.15) is 0 Å². The van der Waals surface area contributed by atoms with Gasteiger partial charge in [0.05, 0.1) is 5.75 Å². The Bertz CT molecular complexity index is 420. The highest BCUT2D eigenvalue weighted by Gasteiger charge is 2.34. The molecular weight excluding hydrogens is 274 g/mol. The van der Waals surface area contributed by atoms with Crippen molar-refractivity contribution in [3.63, 3.8) is 0 Å². The van der Waals surface area contributed by atoms with Gasteiger partial charge in [0.15, 0.2) is 0 Å². The van der Waals surface area contributed by atoms with E-state index < -0.39 is 10.0 Å². The number of rotatable bonds is 3. The molecule has 0 aromatic rings. The number of piperidine rings is 1. The summed E-state index contributed by atoms with van der Waals surface area (Å²) in [6.45, 7) is 5.62. The van der Waals surface area contributed by atoms with Gasteiger partial charge in [0.2, 0.25) is 10.0 Å². The summed E-state index contributed by atoms with van der Waals surface area (Å²) >= 11 is 0. The molecule has 3 fully saturated rings. The normalized spacial score (nSPS) is 31.1. The second-order valence-corrected chi connectivity index (χ2v) is 8.53. The molecule has 0 aromatic heterocycles. The van der Waals surface area contributed by atoms with Gasteiger partial charge in [-0.05, 0) is 64.2 Å². The lowest BCUT2D eigenvalue weighted by atomic mass is 10.0. The maximum absolute atomic E-state index is 12.7.